The van der Waals surface area contributed by atoms with Crippen molar-refractivity contribution in [2.24, 2.45) is 0 Å². The summed E-state index contributed by atoms with van der Waals surface area (Å²) in [5.41, 5.74) is 1.68. The smallest absolute Gasteiger partial charge is 0.243 e. The Morgan fingerprint density at radius 1 is 1.50 bits per heavy atom. The van der Waals surface area contributed by atoms with Crippen molar-refractivity contribution in [2.45, 2.75) is 6.61 Å². The predicted molar refractivity (Wildman–Crippen MR) is 64.8 cm³/mol. The van der Waals surface area contributed by atoms with E-state index in [0.717, 1.165) is 11.3 Å². The number of carbonyl (C=O) groups is 1. The Morgan fingerprint density at radius 2 is 2.25 bits per heavy atom. The van der Waals surface area contributed by atoms with Crippen molar-refractivity contribution in [3.05, 3.63) is 29.8 Å². The fraction of sp³-hybridized carbons (Fsp3) is 0.273. The number of rotatable bonds is 3. The molecule has 1 aromatic carbocycles. The monoisotopic (exact) mass is 236 g/mol. The van der Waals surface area contributed by atoms with Crippen molar-refractivity contribution in [1.82, 2.24) is 0 Å². The molecule has 1 aliphatic heterocycles. The van der Waals surface area contributed by atoms with E-state index in [9.17, 15) is 4.79 Å². The fourth-order valence-electron chi connectivity index (χ4n) is 1.62. The van der Waals surface area contributed by atoms with Crippen LogP contribution in [-0.4, -0.2) is 23.9 Å². The highest BCUT2D eigenvalue weighted by molar-refractivity contribution is 8.15. The lowest BCUT2D eigenvalue weighted by Gasteiger charge is -2.18. The minimum Gasteiger partial charge on any atom is -0.380 e. The van der Waals surface area contributed by atoms with E-state index < -0.39 is 0 Å². The number of methoxy groups -OCH3 is 1. The van der Waals surface area contributed by atoms with Crippen LogP contribution in [0.25, 0.3) is 0 Å². The largest absolute Gasteiger partial charge is 0.380 e. The van der Waals surface area contributed by atoms with Gasteiger partial charge in [0.05, 0.1) is 18.0 Å². The third-order valence-electron chi connectivity index (χ3n) is 2.32. The number of nitrogens with one attached hydrogen (secondary N) is 1. The number of carbonyl (C=O) groups excluding carboxylic acids is 1. The minimum atomic E-state index is -0.0430. The SMILES string of the molecule is COCc1ccccc1N1C(=N)SCC1=O. The summed E-state index contributed by atoms with van der Waals surface area (Å²) in [6.45, 7) is 0.442. The van der Waals surface area contributed by atoms with E-state index in [1.807, 2.05) is 24.3 Å². The molecule has 5 heteroatoms. The molecule has 2 rings (SSSR count). The molecule has 1 heterocycles. The number of hydrogen-bond acceptors (Lipinski definition) is 4. The summed E-state index contributed by atoms with van der Waals surface area (Å²) in [6, 6.07) is 7.50. The highest BCUT2D eigenvalue weighted by atomic mass is 32.2. The molecule has 4 nitrogen and oxygen atoms in total. The van der Waals surface area contributed by atoms with Gasteiger partial charge in [0.25, 0.3) is 0 Å². The predicted octanol–water partition coefficient (Wildman–Crippen LogP) is 1.85. The number of anilines is 1. The highest BCUT2D eigenvalue weighted by Gasteiger charge is 2.29. The third-order valence-corrected chi connectivity index (χ3v) is 3.16. The van der Waals surface area contributed by atoms with Gasteiger partial charge in [0, 0.05) is 12.7 Å². The van der Waals surface area contributed by atoms with Crippen molar-refractivity contribution in [2.75, 3.05) is 17.8 Å². The van der Waals surface area contributed by atoms with Crippen LogP contribution in [0.2, 0.25) is 0 Å². The second-order valence-corrected chi connectivity index (χ2v) is 4.35. The first-order valence-corrected chi connectivity index (χ1v) is 5.83. The topological polar surface area (TPSA) is 53.4 Å². The number of benzene rings is 1. The quantitative estimate of drug-likeness (QED) is 0.871. The second-order valence-electron chi connectivity index (χ2n) is 3.38. The molecule has 0 aromatic heterocycles. The summed E-state index contributed by atoms with van der Waals surface area (Å²) < 4.78 is 5.08. The van der Waals surface area contributed by atoms with Gasteiger partial charge in [-0.1, -0.05) is 30.0 Å². The summed E-state index contributed by atoms with van der Waals surface area (Å²) in [5.74, 6) is 0.304. The van der Waals surface area contributed by atoms with Gasteiger partial charge in [0.15, 0.2) is 5.17 Å². The van der Waals surface area contributed by atoms with Crippen molar-refractivity contribution < 1.29 is 9.53 Å². The maximum absolute atomic E-state index is 11.7. The Kier molecular flexibility index (Phi) is 3.26. The van der Waals surface area contributed by atoms with Crippen LogP contribution in [0.1, 0.15) is 5.56 Å². The fourth-order valence-corrected chi connectivity index (χ4v) is 2.34. The van der Waals surface area contributed by atoms with E-state index in [4.69, 9.17) is 10.1 Å². The lowest BCUT2D eigenvalue weighted by atomic mass is 10.1. The van der Waals surface area contributed by atoms with Crippen LogP contribution < -0.4 is 4.90 Å². The Morgan fingerprint density at radius 3 is 2.88 bits per heavy atom. The summed E-state index contributed by atoms with van der Waals surface area (Å²) >= 11 is 1.25. The second kappa shape index (κ2) is 4.67. The molecule has 0 unspecified atom stereocenters. The van der Waals surface area contributed by atoms with Crippen LogP contribution in [0.15, 0.2) is 24.3 Å². The molecule has 0 spiro atoms. The Labute approximate surface area is 98.1 Å². The number of thioether (sulfide) groups is 1. The van der Waals surface area contributed by atoms with Gasteiger partial charge < -0.3 is 4.74 Å². The molecule has 84 valence electrons. The first-order valence-electron chi connectivity index (χ1n) is 4.85. The molecule has 0 atom stereocenters. The molecule has 1 fully saturated rings. The van der Waals surface area contributed by atoms with E-state index in [1.165, 1.54) is 16.7 Å². The van der Waals surface area contributed by atoms with Crippen LogP contribution in [-0.2, 0) is 16.1 Å². The standard InChI is InChI=1S/C11H12N2O2S/c1-15-6-8-4-2-3-5-9(8)13-10(14)7-16-11(13)12/h2-5,12H,6-7H2,1H3. The number of nitrogens with zero attached hydrogens (tertiary/aromatic N) is 1. The van der Waals surface area contributed by atoms with E-state index in [2.05, 4.69) is 0 Å². The first kappa shape index (κ1) is 11.2. The van der Waals surface area contributed by atoms with Crippen LogP contribution in [0.4, 0.5) is 5.69 Å². The van der Waals surface area contributed by atoms with Crippen LogP contribution >= 0.6 is 11.8 Å². The van der Waals surface area contributed by atoms with Crippen molar-refractivity contribution in [1.29, 1.82) is 5.41 Å². The van der Waals surface area contributed by atoms with Gasteiger partial charge in [-0.15, -0.1) is 0 Å². The van der Waals surface area contributed by atoms with Crippen LogP contribution in [0.3, 0.4) is 0 Å². The van der Waals surface area contributed by atoms with Crippen molar-refractivity contribution in [3.63, 3.8) is 0 Å². The first-order chi connectivity index (χ1) is 7.74. The van der Waals surface area contributed by atoms with Crippen LogP contribution in [0.5, 0.6) is 0 Å². The molecular formula is C11H12N2O2S. The summed E-state index contributed by atoms with van der Waals surface area (Å²) in [5, 5.41) is 8.02. The van der Waals surface area contributed by atoms with Gasteiger partial charge in [-0.05, 0) is 6.07 Å². The highest BCUT2D eigenvalue weighted by Crippen LogP contribution is 2.28. The van der Waals surface area contributed by atoms with E-state index >= 15 is 0 Å². The summed E-state index contributed by atoms with van der Waals surface area (Å²) in [7, 11) is 1.61. The zero-order valence-corrected chi connectivity index (χ0v) is 9.71. The Balaban J connectivity index is 2.38. The maximum atomic E-state index is 11.7. The number of amidine groups is 1. The Hall–Kier alpha value is -1.33. The molecule has 0 aliphatic carbocycles. The van der Waals surface area contributed by atoms with Crippen LogP contribution in [0, 0.1) is 5.41 Å². The molecule has 1 N–H and O–H groups in total. The molecular weight excluding hydrogens is 224 g/mol. The molecule has 1 aliphatic rings. The molecule has 0 bridgehead atoms. The van der Waals surface area contributed by atoms with Gasteiger partial charge in [-0.3, -0.25) is 15.1 Å². The van der Waals surface area contributed by atoms with Crippen molar-refractivity contribution in [3.8, 4) is 0 Å². The number of ether oxygens (including phenoxy) is 1. The van der Waals surface area contributed by atoms with E-state index in [0.29, 0.717) is 12.4 Å². The lowest BCUT2D eigenvalue weighted by Crippen LogP contribution is -2.29. The zero-order chi connectivity index (χ0) is 11.5. The van der Waals surface area contributed by atoms with Gasteiger partial charge in [-0.25, -0.2) is 0 Å². The van der Waals surface area contributed by atoms with E-state index in [-0.39, 0.29) is 11.1 Å². The molecule has 1 amide bonds. The number of amides is 1. The number of para-hydroxylation sites is 1. The normalized spacial score (nSPS) is 15.9. The molecule has 1 saturated heterocycles. The minimum absolute atomic E-state index is 0.0430. The van der Waals surface area contributed by atoms with Gasteiger partial charge in [0.2, 0.25) is 5.91 Å². The maximum Gasteiger partial charge on any atom is 0.243 e. The molecule has 0 saturated carbocycles. The molecule has 0 radical (unpaired) electrons. The average Bonchev–Trinajstić information content (AvgIpc) is 2.60. The third kappa shape index (κ3) is 1.96. The summed E-state index contributed by atoms with van der Waals surface area (Å²) in [6.07, 6.45) is 0. The van der Waals surface area contributed by atoms with Gasteiger partial charge in [-0.2, -0.15) is 0 Å². The zero-order valence-electron chi connectivity index (χ0n) is 8.90. The number of hydrogen-bond donors (Lipinski definition) is 1. The van der Waals surface area contributed by atoms with Gasteiger partial charge >= 0.3 is 0 Å². The van der Waals surface area contributed by atoms with Crippen molar-refractivity contribution >= 4 is 28.5 Å². The Bertz CT molecular complexity index is 418. The lowest BCUT2D eigenvalue weighted by molar-refractivity contribution is -0.115. The van der Waals surface area contributed by atoms with E-state index in [1.54, 1.807) is 7.11 Å². The molecule has 1 aromatic rings. The summed E-state index contributed by atoms with van der Waals surface area (Å²) in [4.78, 5) is 13.1. The van der Waals surface area contributed by atoms with Gasteiger partial charge in [0.1, 0.15) is 0 Å². The average molecular weight is 236 g/mol. The molecule has 16 heavy (non-hydrogen) atoms.